The lowest BCUT2D eigenvalue weighted by atomic mass is 10.3. The second-order valence-corrected chi connectivity index (χ2v) is 3.55. The van der Waals surface area contributed by atoms with E-state index in [1.165, 1.54) is 0 Å². The fourth-order valence-electron chi connectivity index (χ4n) is 1.61. The van der Waals surface area contributed by atoms with E-state index in [9.17, 15) is 0 Å². The van der Waals surface area contributed by atoms with Crippen LogP contribution in [0.15, 0.2) is 24.3 Å². The van der Waals surface area contributed by atoms with Gasteiger partial charge in [0.2, 0.25) is 5.95 Å². The van der Waals surface area contributed by atoms with Gasteiger partial charge in [0, 0.05) is 13.6 Å². The SMILES string of the molecule is Cn1c(NCCCN)nc2ccccc21. The summed E-state index contributed by atoms with van der Waals surface area (Å²) >= 11 is 0. The van der Waals surface area contributed by atoms with Crippen LogP contribution in [0.1, 0.15) is 6.42 Å². The van der Waals surface area contributed by atoms with Gasteiger partial charge in [0.15, 0.2) is 0 Å². The van der Waals surface area contributed by atoms with Crippen molar-refractivity contribution in [3.63, 3.8) is 0 Å². The molecule has 0 unspecified atom stereocenters. The van der Waals surface area contributed by atoms with E-state index in [1.54, 1.807) is 0 Å². The number of imidazole rings is 1. The van der Waals surface area contributed by atoms with Crippen molar-refractivity contribution in [3.05, 3.63) is 24.3 Å². The van der Waals surface area contributed by atoms with Crippen LogP contribution in [-0.2, 0) is 7.05 Å². The van der Waals surface area contributed by atoms with Crippen LogP contribution < -0.4 is 11.1 Å². The maximum atomic E-state index is 5.44. The summed E-state index contributed by atoms with van der Waals surface area (Å²) in [6, 6.07) is 8.10. The molecule has 0 fully saturated rings. The molecule has 4 heteroatoms. The Morgan fingerprint density at radius 1 is 1.40 bits per heavy atom. The lowest BCUT2D eigenvalue weighted by Gasteiger charge is -2.04. The summed E-state index contributed by atoms with van der Waals surface area (Å²) in [5.41, 5.74) is 7.61. The van der Waals surface area contributed by atoms with Gasteiger partial charge in [-0.25, -0.2) is 4.98 Å². The van der Waals surface area contributed by atoms with E-state index in [2.05, 4.69) is 20.9 Å². The molecule has 1 aromatic carbocycles. The Hall–Kier alpha value is -1.55. The number of fused-ring (bicyclic) bond motifs is 1. The zero-order valence-electron chi connectivity index (χ0n) is 8.90. The van der Waals surface area contributed by atoms with Gasteiger partial charge in [-0.05, 0) is 25.1 Å². The Morgan fingerprint density at radius 3 is 2.93 bits per heavy atom. The number of rotatable bonds is 4. The Morgan fingerprint density at radius 2 is 2.20 bits per heavy atom. The van der Waals surface area contributed by atoms with E-state index in [1.807, 2.05) is 25.2 Å². The molecule has 0 aliphatic rings. The first-order chi connectivity index (χ1) is 7.33. The van der Waals surface area contributed by atoms with Gasteiger partial charge >= 0.3 is 0 Å². The summed E-state index contributed by atoms with van der Waals surface area (Å²) in [5.74, 6) is 0.907. The Bertz CT molecular complexity index is 447. The molecule has 0 saturated carbocycles. The van der Waals surface area contributed by atoms with Gasteiger partial charge in [-0.3, -0.25) is 0 Å². The zero-order chi connectivity index (χ0) is 10.7. The highest BCUT2D eigenvalue weighted by molar-refractivity contribution is 5.78. The van der Waals surface area contributed by atoms with Crippen LogP contribution in [-0.4, -0.2) is 22.6 Å². The van der Waals surface area contributed by atoms with Crippen LogP contribution in [0, 0.1) is 0 Å². The third kappa shape index (κ3) is 1.94. The van der Waals surface area contributed by atoms with Crippen molar-refractivity contribution in [3.8, 4) is 0 Å². The summed E-state index contributed by atoms with van der Waals surface area (Å²) in [7, 11) is 2.01. The number of para-hydroxylation sites is 2. The summed E-state index contributed by atoms with van der Waals surface area (Å²) in [6.07, 6.45) is 0.962. The number of nitrogens with zero attached hydrogens (tertiary/aromatic N) is 2. The first-order valence-corrected chi connectivity index (χ1v) is 5.18. The first kappa shape index (κ1) is 9.98. The van der Waals surface area contributed by atoms with Crippen molar-refractivity contribution >= 4 is 17.0 Å². The molecule has 0 saturated heterocycles. The van der Waals surface area contributed by atoms with E-state index in [0.717, 1.165) is 29.9 Å². The lowest BCUT2D eigenvalue weighted by molar-refractivity contribution is 0.847. The van der Waals surface area contributed by atoms with Gasteiger partial charge in [0.25, 0.3) is 0 Å². The monoisotopic (exact) mass is 204 g/mol. The molecule has 0 aliphatic carbocycles. The minimum atomic E-state index is 0.705. The Balaban J connectivity index is 2.24. The third-order valence-electron chi connectivity index (χ3n) is 2.45. The average molecular weight is 204 g/mol. The van der Waals surface area contributed by atoms with Gasteiger partial charge in [0.05, 0.1) is 11.0 Å². The largest absolute Gasteiger partial charge is 0.356 e. The number of aryl methyl sites for hydroxylation is 1. The second kappa shape index (κ2) is 4.31. The van der Waals surface area contributed by atoms with Crippen molar-refractivity contribution in [2.24, 2.45) is 12.8 Å². The number of hydrogen-bond donors (Lipinski definition) is 2. The Kier molecular flexibility index (Phi) is 2.87. The number of benzene rings is 1. The second-order valence-electron chi connectivity index (χ2n) is 3.55. The van der Waals surface area contributed by atoms with Crippen LogP contribution in [0.2, 0.25) is 0 Å². The molecule has 80 valence electrons. The average Bonchev–Trinajstić information content (AvgIpc) is 2.57. The summed E-state index contributed by atoms with van der Waals surface area (Å²) in [4.78, 5) is 4.50. The molecule has 0 radical (unpaired) electrons. The Labute approximate surface area is 89.1 Å². The summed E-state index contributed by atoms with van der Waals surface area (Å²) < 4.78 is 2.06. The molecular weight excluding hydrogens is 188 g/mol. The minimum Gasteiger partial charge on any atom is -0.356 e. The number of anilines is 1. The number of aromatic nitrogens is 2. The van der Waals surface area contributed by atoms with Crippen LogP contribution >= 0.6 is 0 Å². The van der Waals surface area contributed by atoms with E-state index >= 15 is 0 Å². The maximum absolute atomic E-state index is 5.44. The van der Waals surface area contributed by atoms with Crippen LogP contribution in [0.4, 0.5) is 5.95 Å². The molecule has 1 heterocycles. The van der Waals surface area contributed by atoms with E-state index in [4.69, 9.17) is 5.73 Å². The quantitative estimate of drug-likeness (QED) is 0.739. The van der Waals surface area contributed by atoms with Crippen molar-refractivity contribution in [2.75, 3.05) is 18.4 Å². The van der Waals surface area contributed by atoms with Crippen LogP contribution in [0.3, 0.4) is 0 Å². The van der Waals surface area contributed by atoms with Gasteiger partial charge < -0.3 is 15.6 Å². The number of nitrogens with two attached hydrogens (primary N) is 1. The fourth-order valence-corrected chi connectivity index (χ4v) is 1.61. The molecular formula is C11H16N4. The maximum Gasteiger partial charge on any atom is 0.203 e. The molecule has 0 spiro atoms. The smallest absolute Gasteiger partial charge is 0.203 e. The van der Waals surface area contributed by atoms with Crippen LogP contribution in [0.25, 0.3) is 11.0 Å². The summed E-state index contributed by atoms with van der Waals surface area (Å²) in [6.45, 7) is 1.57. The van der Waals surface area contributed by atoms with Gasteiger partial charge in [-0.2, -0.15) is 0 Å². The van der Waals surface area contributed by atoms with Crippen molar-refractivity contribution < 1.29 is 0 Å². The highest BCUT2D eigenvalue weighted by atomic mass is 15.2. The van der Waals surface area contributed by atoms with Crippen molar-refractivity contribution in [2.45, 2.75) is 6.42 Å². The normalized spacial score (nSPS) is 10.8. The molecule has 2 aromatic rings. The highest BCUT2D eigenvalue weighted by Crippen LogP contribution is 2.17. The minimum absolute atomic E-state index is 0.705. The molecule has 3 N–H and O–H groups in total. The van der Waals surface area contributed by atoms with E-state index in [-0.39, 0.29) is 0 Å². The number of nitrogens with one attached hydrogen (secondary N) is 1. The predicted molar refractivity (Wildman–Crippen MR) is 62.9 cm³/mol. The molecule has 0 amide bonds. The highest BCUT2D eigenvalue weighted by Gasteiger charge is 2.04. The fraction of sp³-hybridized carbons (Fsp3) is 0.364. The standard InChI is InChI=1S/C11H16N4/c1-15-10-6-3-2-5-9(10)14-11(15)13-8-4-7-12/h2-3,5-6H,4,7-8,12H2,1H3,(H,13,14). The molecule has 4 nitrogen and oxygen atoms in total. The molecule has 0 aliphatic heterocycles. The predicted octanol–water partition coefficient (Wildman–Crippen LogP) is 1.33. The van der Waals surface area contributed by atoms with E-state index in [0.29, 0.717) is 6.54 Å². The van der Waals surface area contributed by atoms with Gasteiger partial charge in [-0.15, -0.1) is 0 Å². The van der Waals surface area contributed by atoms with Crippen molar-refractivity contribution in [1.29, 1.82) is 0 Å². The molecule has 15 heavy (non-hydrogen) atoms. The number of hydrogen-bond acceptors (Lipinski definition) is 3. The molecule has 1 aromatic heterocycles. The molecule has 2 rings (SSSR count). The summed E-state index contributed by atoms with van der Waals surface area (Å²) in [5, 5.41) is 3.28. The van der Waals surface area contributed by atoms with Gasteiger partial charge in [-0.1, -0.05) is 12.1 Å². The third-order valence-corrected chi connectivity index (χ3v) is 2.45. The lowest BCUT2D eigenvalue weighted by Crippen LogP contribution is -2.11. The van der Waals surface area contributed by atoms with E-state index < -0.39 is 0 Å². The molecule has 0 atom stereocenters. The molecule has 0 bridgehead atoms. The van der Waals surface area contributed by atoms with Crippen LogP contribution in [0.5, 0.6) is 0 Å². The topological polar surface area (TPSA) is 55.9 Å². The zero-order valence-corrected chi connectivity index (χ0v) is 8.90. The first-order valence-electron chi connectivity index (χ1n) is 5.18. The van der Waals surface area contributed by atoms with Gasteiger partial charge in [0.1, 0.15) is 0 Å². The van der Waals surface area contributed by atoms with Crippen molar-refractivity contribution in [1.82, 2.24) is 9.55 Å².